The average molecular weight is 414 g/mol. The number of aryl methyl sites for hydroxylation is 1. The highest BCUT2D eigenvalue weighted by Crippen LogP contribution is 2.40. The maximum absolute atomic E-state index is 11.9. The summed E-state index contributed by atoms with van der Waals surface area (Å²) in [6.07, 6.45) is 3.42. The molecule has 2 aromatic heterocycles. The molecule has 0 aliphatic rings. The Labute approximate surface area is 171 Å². The number of benzene rings is 2. The van der Waals surface area contributed by atoms with Gasteiger partial charge >= 0.3 is 0 Å². The third kappa shape index (κ3) is 3.28. The van der Waals surface area contributed by atoms with Crippen LogP contribution in [-0.4, -0.2) is 23.1 Å². The number of hydrogen-bond donors (Lipinski definition) is 1. The number of halogens is 2. The van der Waals surface area contributed by atoms with Crippen LogP contribution in [0.3, 0.4) is 0 Å². The second-order valence-electron chi connectivity index (χ2n) is 6.44. The van der Waals surface area contributed by atoms with Crippen LogP contribution in [0.1, 0.15) is 11.3 Å². The Balaban J connectivity index is 1.68. The smallest absolute Gasteiger partial charge is 0.214 e. The molecular weight excluding hydrogens is 397 g/mol. The maximum atomic E-state index is 11.9. The van der Waals surface area contributed by atoms with Crippen molar-refractivity contribution in [2.45, 2.75) is 13.3 Å². The van der Waals surface area contributed by atoms with Gasteiger partial charge in [0.15, 0.2) is 5.76 Å². The fourth-order valence-electron chi connectivity index (χ4n) is 3.39. The monoisotopic (exact) mass is 413 g/mol. The Morgan fingerprint density at radius 3 is 2.64 bits per heavy atom. The van der Waals surface area contributed by atoms with Crippen LogP contribution in [0.5, 0.6) is 0 Å². The van der Waals surface area contributed by atoms with Crippen molar-refractivity contribution >= 4 is 46.2 Å². The van der Waals surface area contributed by atoms with Gasteiger partial charge in [-0.3, -0.25) is 4.79 Å². The van der Waals surface area contributed by atoms with E-state index in [9.17, 15) is 4.79 Å². The first kappa shape index (κ1) is 18.6. The summed E-state index contributed by atoms with van der Waals surface area (Å²) < 4.78 is 5.38. The lowest BCUT2D eigenvalue weighted by molar-refractivity contribution is -0.107. The number of aromatic nitrogens is 2. The predicted molar refractivity (Wildman–Crippen MR) is 112 cm³/mol. The molecule has 142 valence electrons. The second-order valence-corrected chi connectivity index (χ2v) is 7.26. The molecule has 0 aliphatic heterocycles. The highest BCUT2D eigenvalue weighted by Gasteiger charge is 2.24. The van der Waals surface area contributed by atoms with Crippen molar-refractivity contribution in [3.8, 4) is 11.3 Å². The summed E-state index contributed by atoms with van der Waals surface area (Å²) in [4.78, 5) is 16.8. The molecule has 2 heterocycles. The Hall–Kier alpha value is -2.76. The van der Waals surface area contributed by atoms with Crippen molar-refractivity contribution in [1.82, 2.24) is 10.1 Å². The molecule has 0 saturated carbocycles. The number of nitrogens with zero attached hydrogens (tertiary/aromatic N) is 2. The summed E-state index contributed by atoms with van der Waals surface area (Å²) in [5, 5.41) is 6.16. The van der Waals surface area contributed by atoms with Crippen molar-refractivity contribution in [3.63, 3.8) is 0 Å². The van der Waals surface area contributed by atoms with Crippen LogP contribution in [0.25, 0.3) is 22.2 Å². The number of aromatic amines is 1. The summed E-state index contributed by atoms with van der Waals surface area (Å²) in [7, 11) is 0. The van der Waals surface area contributed by atoms with E-state index in [1.165, 1.54) is 0 Å². The van der Waals surface area contributed by atoms with E-state index in [1.54, 1.807) is 30.0 Å². The molecule has 5 nitrogen and oxygen atoms in total. The minimum Gasteiger partial charge on any atom is -0.361 e. The molecule has 1 amide bonds. The molecule has 7 heteroatoms. The first-order valence-electron chi connectivity index (χ1n) is 8.77. The summed E-state index contributed by atoms with van der Waals surface area (Å²) in [6.45, 7) is 2.22. The Morgan fingerprint density at radius 2 is 1.89 bits per heavy atom. The number of para-hydroxylation sites is 1. The average Bonchev–Trinajstić information content (AvgIpc) is 3.27. The quantitative estimate of drug-likeness (QED) is 0.415. The number of amides is 1. The standard InChI is InChI=1S/C21H17Cl2N3O2/c1-13-21(20(25-28-13)19-16(22)6-4-7-17(19)23)26(12-27)10-9-14-11-24-18-8-3-2-5-15(14)18/h2-8,11-12,24H,9-10H2,1H3. The number of H-pyrrole nitrogens is 1. The van der Waals surface area contributed by atoms with Crippen LogP contribution in [0.4, 0.5) is 5.69 Å². The van der Waals surface area contributed by atoms with Crippen LogP contribution in [0, 0.1) is 6.92 Å². The Kier molecular flexibility index (Phi) is 5.11. The molecule has 28 heavy (non-hydrogen) atoms. The molecule has 4 rings (SSSR count). The molecule has 0 radical (unpaired) electrons. The van der Waals surface area contributed by atoms with Crippen LogP contribution >= 0.6 is 23.2 Å². The summed E-state index contributed by atoms with van der Waals surface area (Å²) in [5.74, 6) is 0.525. The number of fused-ring (bicyclic) bond motifs is 1. The van der Waals surface area contributed by atoms with E-state index in [2.05, 4.69) is 16.2 Å². The zero-order chi connectivity index (χ0) is 19.7. The van der Waals surface area contributed by atoms with Gasteiger partial charge in [-0.15, -0.1) is 0 Å². The van der Waals surface area contributed by atoms with Crippen molar-refractivity contribution in [3.05, 3.63) is 70.0 Å². The highest BCUT2D eigenvalue weighted by atomic mass is 35.5. The van der Waals surface area contributed by atoms with Gasteiger partial charge < -0.3 is 14.4 Å². The van der Waals surface area contributed by atoms with Gasteiger partial charge in [-0.05, 0) is 37.1 Å². The minimum absolute atomic E-state index is 0.449. The van der Waals surface area contributed by atoms with E-state index in [1.807, 2.05) is 24.4 Å². The van der Waals surface area contributed by atoms with Crippen molar-refractivity contribution < 1.29 is 9.32 Å². The maximum Gasteiger partial charge on any atom is 0.214 e. The lowest BCUT2D eigenvalue weighted by Gasteiger charge is -2.18. The molecule has 1 N–H and O–H groups in total. The summed E-state index contributed by atoms with van der Waals surface area (Å²) >= 11 is 12.7. The first-order valence-corrected chi connectivity index (χ1v) is 9.53. The van der Waals surface area contributed by atoms with E-state index in [-0.39, 0.29) is 0 Å². The number of anilines is 1. The predicted octanol–water partition coefficient (Wildman–Crippen LogP) is 5.64. The van der Waals surface area contributed by atoms with Gasteiger partial charge in [0, 0.05) is 29.2 Å². The van der Waals surface area contributed by atoms with Gasteiger partial charge in [-0.1, -0.05) is 52.6 Å². The lowest BCUT2D eigenvalue weighted by atomic mass is 10.1. The molecular formula is C21H17Cl2N3O2. The van der Waals surface area contributed by atoms with E-state index in [0.29, 0.717) is 45.7 Å². The minimum atomic E-state index is 0.449. The van der Waals surface area contributed by atoms with Gasteiger partial charge in [-0.25, -0.2) is 0 Å². The number of hydrogen-bond acceptors (Lipinski definition) is 3. The molecule has 0 spiro atoms. The SMILES string of the molecule is Cc1onc(-c2c(Cl)cccc2Cl)c1N(C=O)CCc1c[nH]c2ccccc12. The summed E-state index contributed by atoms with van der Waals surface area (Å²) in [5.41, 5.74) is 3.79. The van der Waals surface area contributed by atoms with Crippen molar-refractivity contribution in [2.24, 2.45) is 0 Å². The van der Waals surface area contributed by atoms with Crippen LogP contribution in [0.2, 0.25) is 10.0 Å². The molecule has 0 bridgehead atoms. The van der Waals surface area contributed by atoms with Gasteiger partial charge in [0.25, 0.3) is 0 Å². The normalized spacial score (nSPS) is 11.1. The van der Waals surface area contributed by atoms with E-state index in [4.69, 9.17) is 27.7 Å². The fraction of sp³-hybridized carbons (Fsp3) is 0.143. The van der Waals surface area contributed by atoms with E-state index < -0.39 is 0 Å². The molecule has 2 aromatic carbocycles. The van der Waals surface area contributed by atoms with Gasteiger partial charge in [0.05, 0.1) is 10.0 Å². The second kappa shape index (κ2) is 7.70. The molecule has 0 saturated heterocycles. The number of nitrogens with one attached hydrogen (secondary N) is 1. The molecule has 0 unspecified atom stereocenters. The number of carbonyl (C=O) groups is 1. The largest absolute Gasteiger partial charge is 0.361 e. The first-order chi connectivity index (χ1) is 13.6. The van der Waals surface area contributed by atoms with Crippen LogP contribution < -0.4 is 4.90 Å². The lowest BCUT2D eigenvalue weighted by Crippen LogP contribution is -2.24. The molecule has 0 fully saturated rings. The van der Waals surface area contributed by atoms with Crippen LogP contribution in [0.15, 0.2) is 53.2 Å². The topological polar surface area (TPSA) is 62.1 Å². The zero-order valence-corrected chi connectivity index (χ0v) is 16.6. The zero-order valence-electron chi connectivity index (χ0n) is 15.1. The van der Waals surface area contributed by atoms with E-state index >= 15 is 0 Å². The van der Waals surface area contributed by atoms with Gasteiger partial charge in [0.2, 0.25) is 6.41 Å². The Bertz CT molecular complexity index is 1130. The molecule has 0 atom stereocenters. The fourth-order valence-corrected chi connectivity index (χ4v) is 3.97. The van der Waals surface area contributed by atoms with Gasteiger partial charge in [-0.2, -0.15) is 0 Å². The number of rotatable bonds is 6. The third-order valence-electron chi connectivity index (χ3n) is 4.74. The van der Waals surface area contributed by atoms with Crippen molar-refractivity contribution in [1.29, 1.82) is 0 Å². The third-order valence-corrected chi connectivity index (χ3v) is 5.37. The highest BCUT2D eigenvalue weighted by molar-refractivity contribution is 6.39. The van der Waals surface area contributed by atoms with Gasteiger partial charge in [0.1, 0.15) is 11.4 Å². The van der Waals surface area contributed by atoms with Crippen LogP contribution in [-0.2, 0) is 11.2 Å². The molecule has 4 aromatic rings. The van der Waals surface area contributed by atoms with Crippen molar-refractivity contribution in [2.75, 3.05) is 11.4 Å². The molecule has 0 aliphatic carbocycles. The number of carbonyl (C=O) groups excluding carboxylic acids is 1. The summed E-state index contributed by atoms with van der Waals surface area (Å²) in [6, 6.07) is 13.3. The Morgan fingerprint density at radius 1 is 1.14 bits per heavy atom. The van der Waals surface area contributed by atoms with E-state index in [0.717, 1.165) is 22.9 Å².